The Morgan fingerprint density at radius 1 is 1.47 bits per heavy atom. The maximum Gasteiger partial charge on any atom is 0.314 e. The third-order valence-corrected chi connectivity index (χ3v) is 1.89. The first-order valence-corrected chi connectivity index (χ1v) is 5.15. The van der Waals surface area contributed by atoms with Gasteiger partial charge in [-0.05, 0) is 13.3 Å². The van der Waals surface area contributed by atoms with Crippen molar-refractivity contribution < 1.29 is 18.8 Å². The molecule has 2 N–H and O–H groups in total. The first kappa shape index (κ1) is 13.2. The van der Waals surface area contributed by atoms with Crippen LogP contribution in [0, 0.1) is 6.92 Å². The Morgan fingerprint density at radius 3 is 2.82 bits per heavy atom. The predicted molar refractivity (Wildman–Crippen MR) is 59.4 cm³/mol. The normalized spacial score (nSPS) is 10.0. The molecule has 0 fully saturated rings. The number of aromatic nitrogens is 1. The Hall–Kier alpha value is -1.89. The van der Waals surface area contributed by atoms with Crippen LogP contribution in [0.3, 0.4) is 0 Å². The van der Waals surface area contributed by atoms with Crippen molar-refractivity contribution >= 4 is 17.6 Å². The third kappa shape index (κ3) is 4.64. The molecular weight excluding hydrogens is 226 g/mol. The molecule has 17 heavy (non-hydrogen) atoms. The number of nitrogens with one attached hydrogen (secondary N) is 2. The van der Waals surface area contributed by atoms with Crippen LogP contribution in [0.1, 0.15) is 12.2 Å². The van der Waals surface area contributed by atoms with E-state index in [0.717, 1.165) is 0 Å². The molecule has 0 aliphatic rings. The van der Waals surface area contributed by atoms with Gasteiger partial charge < -0.3 is 14.6 Å². The van der Waals surface area contributed by atoms with E-state index in [1.807, 2.05) is 0 Å². The van der Waals surface area contributed by atoms with Crippen molar-refractivity contribution in [2.24, 2.45) is 0 Å². The van der Waals surface area contributed by atoms with Crippen molar-refractivity contribution in [1.29, 1.82) is 0 Å². The van der Waals surface area contributed by atoms with Crippen molar-refractivity contribution in [1.82, 2.24) is 10.5 Å². The van der Waals surface area contributed by atoms with Gasteiger partial charge in [-0.25, -0.2) is 0 Å². The molecule has 0 bridgehead atoms. The van der Waals surface area contributed by atoms with E-state index >= 15 is 0 Å². The minimum absolute atomic E-state index is 0.222. The molecule has 7 heteroatoms. The van der Waals surface area contributed by atoms with Gasteiger partial charge in [0, 0.05) is 26.3 Å². The smallest absolute Gasteiger partial charge is 0.314 e. The molecule has 0 aromatic carbocycles. The van der Waals surface area contributed by atoms with Crippen LogP contribution in [0.15, 0.2) is 10.6 Å². The van der Waals surface area contributed by atoms with Crippen LogP contribution in [0.4, 0.5) is 5.82 Å². The van der Waals surface area contributed by atoms with Gasteiger partial charge in [-0.15, -0.1) is 0 Å². The van der Waals surface area contributed by atoms with E-state index < -0.39 is 11.8 Å². The number of anilines is 1. The summed E-state index contributed by atoms with van der Waals surface area (Å²) in [5.74, 6) is -0.696. The second kappa shape index (κ2) is 6.64. The molecule has 0 spiro atoms. The third-order valence-electron chi connectivity index (χ3n) is 1.89. The zero-order chi connectivity index (χ0) is 12.7. The van der Waals surface area contributed by atoms with Gasteiger partial charge >= 0.3 is 11.8 Å². The molecule has 0 saturated carbocycles. The first-order chi connectivity index (χ1) is 8.13. The second-order valence-corrected chi connectivity index (χ2v) is 3.38. The summed E-state index contributed by atoms with van der Waals surface area (Å²) < 4.78 is 9.55. The lowest BCUT2D eigenvalue weighted by molar-refractivity contribution is -0.136. The molecule has 0 saturated heterocycles. The first-order valence-electron chi connectivity index (χ1n) is 5.15. The molecule has 0 unspecified atom stereocenters. The number of rotatable bonds is 5. The van der Waals surface area contributed by atoms with Gasteiger partial charge in [-0.1, -0.05) is 5.16 Å². The van der Waals surface area contributed by atoms with Crippen molar-refractivity contribution in [3.05, 3.63) is 11.8 Å². The van der Waals surface area contributed by atoms with Crippen molar-refractivity contribution in [3.8, 4) is 0 Å². The number of amides is 2. The maximum atomic E-state index is 11.3. The topological polar surface area (TPSA) is 93.5 Å². The summed E-state index contributed by atoms with van der Waals surface area (Å²) in [5.41, 5.74) is 0. The Bertz CT molecular complexity index is 389. The van der Waals surface area contributed by atoms with Crippen molar-refractivity contribution in [3.63, 3.8) is 0 Å². The van der Waals surface area contributed by atoms with E-state index in [4.69, 9.17) is 9.26 Å². The van der Waals surface area contributed by atoms with Gasteiger partial charge in [0.2, 0.25) is 0 Å². The molecule has 0 aliphatic carbocycles. The lowest BCUT2D eigenvalue weighted by Crippen LogP contribution is -2.36. The summed E-state index contributed by atoms with van der Waals surface area (Å²) in [5, 5.41) is 8.31. The molecule has 7 nitrogen and oxygen atoms in total. The Kier molecular flexibility index (Phi) is 5.15. The molecule has 1 rings (SSSR count). The fourth-order valence-corrected chi connectivity index (χ4v) is 1.10. The fraction of sp³-hybridized carbons (Fsp3) is 0.500. The van der Waals surface area contributed by atoms with Crippen LogP contribution in [0.5, 0.6) is 0 Å². The van der Waals surface area contributed by atoms with E-state index in [2.05, 4.69) is 15.8 Å². The van der Waals surface area contributed by atoms with Gasteiger partial charge in [0.15, 0.2) is 5.82 Å². The molecule has 2 amide bonds. The monoisotopic (exact) mass is 241 g/mol. The maximum absolute atomic E-state index is 11.3. The summed E-state index contributed by atoms with van der Waals surface area (Å²) in [6.45, 7) is 2.61. The van der Waals surface area contributed by atoms with Crippen LogP contribution in [-0.4, -0.2) is 37.2 Å². The zero-order valence-electron chi connectivity index (χ0n) is 9.78. The average Bonchev–Trinajstić information content (AvgIpc) is 2.70. The molecular formula is C10H15N3O4. The lowest BCUT2D eigenvalue weighted by atomic mass is 10.4. The highest BCUT2D eigenvalue weighted by Gasteiger charge is 2.14. The summed E-state index contributed by atoms with van der Waals surface area (Å²) >= 11 is 0. The van der Waals surface area contributed by atoms with Gasteiger partial charge in [0.25, 0.3) is 0 Å². The van der Waals surface area contributed by atoms with Gasteiger partial charge in [-0.3, -0.25) is 14.9 Å². The van der Waals surface area contributed by atoms with Crippen molar-refractivity contribution in [2.75, 3.05) is 25.6 Å². The van der Waals surface area contributed by atoms with Gasteiger partial charge in [0.05, 0.1) is 0 Å². The summed E-state index contributed by atoms with van der Waals surface area (Å²) in [6, 6.07) is 1.52. The lowest BCUT2D eigenvalue weighted by Gasteiger charge is -2.03. The van der Waals surface area contributed by atoms with E-state index in [9.17, 15) is 9.59 Å². The highest BCUT2D eigenvalue weighted by Crippen LogP contribution is 2.06. The van der Waals surface area contributed by atoms with Crippen molar-refractivity contribution in [2.45, 2.75) is 13.3 Å². The molecule has 94 valence electrons. The van der Waals surface area contributed by atoms with Crippen LogP contribution >= 0.6 is 0 Å². The largest absolute Gasteiger partial charge is 0.385 e. The highest BCUT2D eigenvalue weighted by atomic mass is 16.5. The molecule has 0 radical (unpaired) electrons. The summed E-state index contributed by atoms with van der Waals surface area (Å²) in [7, 11) is 1.57. The molecule has 1 heterocycles. The average molecular weight is 241 g/mol. The minimum Gasteiger partial charge on any atom is -0.385 e. The predicted octanol–water partition coefficient (Wildman–Crippen LogP) is 0.0742. The van der Waals surface area contributed by atoms with E-state index in [1.54, 1.807) is 14.0 Å². The zero-order valence-corrected chi connectivity index (χ0v) is 9.78. The number of carbonyl (C=O) groups is 2. The minimum atomic E-state index is -0.768. The number of ether oxygens (including phenoxy) is 1. The van der Waals surface area contributed by atoms with Crippen LogP contribution in [0.25, 0.3) is 0 Å². The molecule has 1 aromatic heterocycles. The highest BCUT2D eigenvalue weighted by molar-refractivity contribution is 6.39. The summed E-state index contributed by atoms with van der Waals surface area (Å²) in [4.78, 5) is 22.6. The quantitative estimate of drug-likeness (QED) is 0.562. The van der Waals surface area contributed by atoms with E-state index in [0.29, 0.717) is 25.3 Å². The number of aryl methyl sites for hydroxylation is 1. The van der Waals surface area contributed by atoms with Crippen LogP contribution in [-0.2, 0) is 14.3 Å². The second-order valence-electron chi connectivity index (χ2n) is 3.38. The Morgan fingerprint density at radius 2 is 2.24 bits per heavy atom. The Labute approximate surface area is 98.5 Å². The number of carbonyl (C=O) groups excluding carboxylic acids is 2. The van der Waals surface area contributed by atoms with E-state index in [-0.39, 0.29) is 5.82 Å². The standard InChI is InChI=1S/C10H15N3O4/c1-7-6-8(13-17-7)12-10(15)9(14)11-4-3-5-16-2/h6H,3-5H2,1-2H3,(H,11,14)(H,12,13,15). The molecule has 0 aliphatic heterocycles. The Balaban J connectivity index is 2.29. The number of methoxy groups -OCH3 is 1. The number of hydrogen-bond donors (Lipinski definition) is 2. The van der Waals surface area contributed by atoms with Crippen LogP contribution in [0.2, 0.25) is 0 Å². The SMILES string of the molecule is COCCCNC(=O)C(=O)Nc1cc(C)on1. The summed E-state index contributed by atoms with van der Waals surface area (Å²) in [6.07, 6.45) is 0.651. The van der Waals surface area contributed by atoms with E-state index in [1.165, 1.54) is 6.07 Å². The fourth-order valence-electron chi connectivity index (χ4n) is 1.10. The van der Waals surface area contributed by atoms with Gasteiger partial charge in [-0.2, -0.15) is 0 Å². The van der Waals surface area contributed by atoms with Crippen LogP contribution < -0.4 is 10.6 Å². The molecule has 0 atom stereocenters. The number of nitrogens with zero attached hydrogens (tertiary/aromatic N) is 1. The molecule has 1 aromatic rings. The number of hydrogen-bond acceptors (Lipinski definition) is 5. The van der Waals surface area contributed by atoms with Gasteiger partial charge in [0.1, 0.15) is 5.76 Å².